The van der Waals surface area contributed by atoms with E-state index in [1.165, 1.54) is 0 Å². The molecule has 0 atom stereocenters. The first kappa shape index (κ1) is 13.1. The largest absolute Gasteiger partial charge is 0.337 e. The predicted molar refractivity (Wildman–Crippen MR) is 76.0 cm³/mol. The SMILES string of the molecule is Cc1nc(Cl)c(Nc2cccc(Cl)c2C)nc1C. The molecule has 94 valence electrons. The molecule has 3 nitrogen and oxygen atoms in total. The standard InChI is InChI=1S/C13H13Cl2N3/c1-7-10(14)5-4-6-11(7)18-13-12(15)16-8(2)9(3)17-13/h4-6H,1-3H3,(H,17,18). The smallest absolute Gasteiger partial charge is 0.172 e. The highest BCUT2D eigenvalue weighted by Gasteiger charge is 2.09. The van der Waals surface area contributed by atoms with Crippen molar-refractivity contribution in [3.8, 4) is 0 Å². The summed E-state index contributed by atoms with van der Waals surface area (Å²) in [6, 6.07) is 5.64. The average molecular weight is 282 g/mol. The number of aryl methyl sites for hydroxylation is 2. The van der Waals surface area contributed by atoms with Crippen molar-refractivity contribution in [2.45, 2.75) is 20.8 Å². The Bertz CT molecular complexity index is 597. The van der Waals surface area contributed by atoms with Gasteiger partial charge in [0.1, 0.15) is 0 Å². The van der Waals surface area contributed by atoms with Crippen molar-refractivity contribution < 1.29 is 0 Å². The van der Waals surface area contributed by atoms with Crippen LogP contribution in [0, 0.1) is 20.8 Å². The van der Waals surface area contributed by atoms with Crippen LogP contribution in [-0.4, -0.2) is 9.97 Å². The lowest BCUT2D eigenvalue weighted by molar-refractivity contribution is 1.05. The molecule has 1 aromatic heterocycles. The molecule has 0 radical (unpaired) electrons. The molecule has 0 aliphatic rings. The topological polar surface area (TPSA) is 37.8 Å². The van der Waals surface area contributed by atoms with Gasteiger partial charge < -0.3 is 5.32 Å². The van der Waals surface area contributed by atoms with Crippen molar-refractivity contribution >= 4 is 34.7 Å². The zero-order chi connectivity index (χ0) is 13.3. The molecule has 1 N–H and O–H groups in total. The normalized spacial score (nSPS) is 10.5. The van der Waals surface area contributed by atoms with E-state index in [0.717, 1.165) is 22.6 Å². The second-order valence-electron chi connectivity index (χ2n) is 4.07. The van der Waals surface area contributed by atoms with E-state index >= 15 is 0 Å². The Morgan fingerprint density at radius 1 is 1.00 bits per heavy atom. The first-order valence-corrected chi connectivity index (χ1v) is 6.27. The van der Waals surface area contributed by atoms with Crippen molar-refractivity contribution in [1.82, 2.24) is 9.97 Å². The van der Waals surface area contributed by atoms with Crippen LogP contribution >= 0.6 is 23.2 Å². The molecule has 0 spiro atoms. The van der Waals surface area contributed by atoms with E-state index in [1.807, 2.05) is 39.0 Å². The first-order chi connectivity index (χ1) is 8.49. The van der Waals surface area contributed by atoms with E-state index in [0.29, 0.717) is 16.0 Å². The van der Waals surface area contributed by atoms with Gasteiger partial charge in [-0.1, -0.05) is 29.3 Å². The summed E-state index contributed by atoms with van der Waals surface area (Å²) in [7, 11) is 0. The van der Waals surface area contributed by atoms with Gasteiger partial charge in [-0.3, -0.25) is 0 Å². The molecular formula is C13H13Cl2N3. The van der Waals surface area contributed by atoms with Crippen LogP contribution in [-0.2, 0) is 0 Å². The number of benzene rings is 1. The molecule has 0 saturated heterocycles. The number of anilines is 2. The number of halogens is 2. The molecule has 5 heteroatoms. The highest BCUT2D eigenvalue weighted by molar-refractivity contribution is 6.32. The zero-order valence-electron chi connectivity index (χ0n) is 10.4. The van der Waals surface area contributed by atoms with Gasteiger partial charge in [-0.15, -0.1) is 0 Å². The Morgan fingerprint density at radius 2 is 1.67 bits per heavy atom. The Balaban J connectivity index is 2.40. The van der Waals surface area contributed by atoms with Crippen LogP contribution in [0.15, 0.2) is 18.2 Å². The van der Waals surface area contributed by atoms with Crippen molar-refractivity contribution in [2.24, 2.45) is 0 Å². The first-order valence-electron chi connectivity index (χ1n) is 5.52. The van der Waals surface area contributed by atoms with Crippen LogP contribution in [0.1, 0.15) is 17.0 Å². The minimum absolute atomic E-state index is 0.359. The van der Waals surface area contributed by atoms with Crippen LogP contribution in [0.5, 0.6) is 0 Å². The lowest BCUT2D eigenvalue weighted by Gasteiger charge is -2.12. The predicted octanol–water partition coefficient (Wildman–Crippen LogP) is 4.45. The highest BCUT2D eigenvalue weighted by atomic mass is 35.5. The van der Waals surface area contributed by atoms with E-state index < -0.39 is 0 Å². The number of hydrogen-bond donors (Lipinski definition) is 1. The second kappa shape index (κ2) is 5.12. The van der Waals surface area contributed by atoms with Gasteiger partial charge in [-0.25, -0.2) is 9.97 Å². The van der Waals surface area contributed by atoms with E-state index in [1.54, 1.807) is 0 Å². The van der Waals surface area contributed by atoms with E-state index in [2.05, 4.69) is 15.3 Å². The summed E-state index contributed by atoms with van der Waals surface area (Å²) >= 11 is 12.1. The van der Waals surface area contributed by atoms with E-state index in [-0.39, 0.29) is 0 Å². The lowest BCUT2D eigenvalue weighted by atomic mass is 10.2. The van der Waals surface area contributed by atoms with Gasteiger partial charge in [0.05, 0.1) is 11.4 Å². The molecule has 0 aliphatic heterocycles. The van der Waals surface area contributed by atoms with Crippen molar-refractivity contribution in [1.29, 1.82) is 0 Å². The van der Waals surface area contributed by atoms with Crippen LogP contribution in [0.2, 0.25) is 10.2 Å². The fourth-order valence-corrected chi connectivity index (χ4v) is 1.92. The molecule has 1 heterocycles. The number of nitrogens with one attached hydrogen (secondary N) is 1. The third-order valence-electron chi connectivity index (χ3n) is 2.79. The fraction of sp³-hybridized carbons (Fsp3) is 0.231. The van der Waals surface area contributed by atoms with Gasteiger partial charge in [-0.2, -0.15) is 0 Å². The van der Waals surface area contributed by atoms with Crippen molar-refractivity contribution in [3.05, 3.63) is 45.3 Å². The maximum Gasteiger partial charge on any atom is 0.172 e. The summed E-state index contributed by atoms with van der Waals surface area (Å²) in [6.45, 7) is 5.71. The summed E-state index contributed by atoms with van der Waals surface area (Å²) in [5.74, 6) is 0.546. The van der Waals surface area contributed by atoms with Gasteiger partial charge in [0.2, 0.25) is 0 Å². The van der Waals surface area contributed by atoms with Crippen LogP contribution in [0.4, 0.5) is 11.5 Å². The van der Waals surface area contributed by atoms with E-state index in [4.69, 9.17) is 23.2 Å². The maximum atomic E-state index is 6.07. The molecule has 18 heavy (non-hydrogen) atoms. The zero-order valence-corrected chi connectivity index (χ0v) is 11.9. The molecule has 0 unspecified atom stereocenters. The number of hydrogen-bond acceptors (Lipinski definition) is 3. The Hall–Kier alpha value is -1.32. The van der Waals surface area contributed by atoms with Gasteiger partial charge in [-0.05, 0) is 38.5 Å². The van der Waals surface area contributed by atoms with Gasteiger partial charge >= 0.3 is 0 Å². The second-order valence-corrected chi connectivity index (χ2v) is 4.84. The molecule has 0 saturated carbocycles. The summed E-state index contributed by atoms with van der Waals surface area (Å²) < 4.78 is 0. The minimum Gasteiger partial charge on any atom is -0.337 e. The van der Waals surface area contributed by atoms with Gasteiger partial charge in [0, 0.05) is 10.7 Å². The number of aromatic nitrogens is 2. The fourth-order valence-electron chi connectivity index (χ4n) is 1.53. The summed E-state index contributed by atoms with van der Waals surface area (Å²) in [4.78, 5) is 8.62. The van der Waals surface area contributed by atoms with Crippen molar-refractivity contribution in [2.75, 3.05) is 5.32 Å². The molecule has 0 bridgehead atoms. The third-order valence-corrected chi connectivity index (χ3v) is 3.46. The average Bonchev–Trinajstić information content (AvgIpc) is 2.32. The Morgan fingerprint density at radius 3 is 2.39 bits per heavy atom. The summed E-state index contributed by atoms with van der Waals surface area (Å²) in [6.07, 6.45) is 0. The Labute approximate surface area is 116 Å². The molecule has 2 aromatic rings. The Kier molecular flexibility index (Phi) is 3.73. The van der Waals surface area contributed by atoms with Crippen LogP contribution in [0.25, 0.3) is 0 Å². The van der Waals surface area contributed by atoms with Crippen LogP contribution < -0.4 is 5.32 Å². The lowest BCUT2D eigenvalue weighted by Crippen LogP contribution is -2.01. The van der Waals surface area contributed by atoms with Crippen LogP contribution in [0.3, 0.4) is 0 Å². The quantitative estimate of drug-likeness (QED) is 0.884. The summed E-state index contributed by atoms with van der Waals surface area (Å²) in [5, 5.41) is 4.22. The minimum atomic E-state index is 0.359. The molecule has 0 aliphatic carbocycles. The van der Waals surface area contributed by atoms with Gasteiger partial charge in [0.15, 0.2) is 11.0 Å². The third kappa shape index (κ3) is 2.57. The molecular weight excluding hydrogens is 269 g/mol. The number of rotatable bonds is 2. The summed E-state index contributed by atoms with van der Waals surface area (Å²) in [5.41, 5.74) is 3.51. The maximum absolute atomic E-state index is 6.07. The number of nitrogens with zero attached hydrogens (tertiary/aromatic N) is 2. The molecule has 1 aromatic carbocycles. The molecule has 0 fully saturated rings. The van der Waals surface area contributed by atoms with Gasteiger partial charge in [0.25, 0.3) is 0 Å². The monoisotopic (exact) mass is 281 g/mol. The van der Waals surface area contributed by atoms with Crippen molar-refractivity contribution in [3.63, 3.8) is 0 Å². The molecule has 2 rings (SSSR count). The highest BCUT2D eigenvalue weighted by Crippen LogP contribution is 2.28. The van der Waals surface area contributed by atoms with E-state index in [9.17, 15) is 0 Å². The molecule has 0 amide bonds.